The van der Waals surface area contributed by atoms with Gasteiger partial charge in [-0.15, -0.1) is 0 Å². The zero-order valence-electron chi connectivity index (χ0n) is 13.3. The van der Waals surface area contributed by atoms with Gasteiger partial charge in [-0.3, -0.25) is 14.5 Å². The fraction of sp³-hybridized carbons (Fsp3) is 0.875. The molecule has 21 heavy (non-hydrogen) atoms. The van der Waals surface area contributed by atoms with Crippen LogP contribution in [0.15, 0.2) is 0 Å². The Morgan fingerprint density at radius 3 is 2.57 bits per heavy atom. The molecule has 1 saturated carbocycles. The molecular weight excluding hydrogens is 266 g/mol. The van der Waals surface area contributed by atoms with E-state index in [1.165, 1.54) is 0 Å². The van der Waals surface area contributed by atoms with Gasteiger partial charge in [0, 0.05) is 25.7 Å². The molecule has 3 rings (SSSR count). The van der Waals surface area contributed by atoms with Crippen molar-refractivity contribution in [2.45, 2.75) is 51.6 Å². The quantitative estimate of drug-likeness (QED) is 0.775. The molecule has 0 bridgehead atoms. The first kappa shape index (κ1) is 14.8. The van der Waals surface area contributed by atoms with Crippen LogP contribution in [0, 0.1) is 5.92 Å². The summed E-state index contributed by atoms with van der Waals surface area (Å²) < 4.78 is 0. The second-order valence-corrected chi connectivity index (χ2v) is 7.12. The molecule has 2 amide bonds. The number of likely N-dealkylation sites (tertiary alicyclic amines) is 1. The number of hydrogen-bond acceptors (Lipinski definition) is 3. The summed E-state index contributed by atoms with van der Waals surface area (Å²) in [5.74, 6) is 0.897. The minimum Gasteiger partial charge on any atom is -0.336 e. The predicted octanol–water partition coefficient (Wildman–Crippen LogP) is 0.940. The Hall–Kier alpha value is -1.10. The highest BCUT2D eigenvalue weighted by Gasteiger charge is 2.40. The van der Waals surface area contributed by atoms with Crippen LogP contribution in [0.4, 0.5) is 0 Å². The Kier molecular flexibility index (Phi) is 4.20. The Morgan fingerprint density at radius 2 is 1.95 bits per heavy atom. The standard InChI is InChI=1S/C16H27N3O2/c1-12(2)10-17-7-3-4-14(17)16(21)18-8-9-19(13-5-6-13)15(20)11-18/h12-14H,3-11H2,1-2H3. The Morgan fingerprint density at radius 1 is 1.19 bits per heavy atom. The summed E-state index contributed by atoms with van der Waals surface area (Å²) in [6.45, 7) is 8.12. The third-order valence-electron chi connectivity index (χ3n) is 4.80. The smallest absolute Gasteiger partial charge is 0.242 e. The van der Waals surface area contributed by atoms with Gasteiger partial charge in [0.2, 0.25) is 11.8 Å². The van der Waals surface area contributed by atoms with Crippen LogP contribution >= 0.6 is 0 Å². The zero-order valence-corrected chi connectivity index (χ0v) is 13.3. The van der Waals surface area contributed by atoms with Crippen LogP contribution in [-0.2, 0) is 9.59 Å². The van der Waals surface area contributed by atoms with E-state index in [0.29, 0.717) is 25.0 Å². The predicted molar refractivity (Wildman–Crippen MR) is 80.7 cm³/mol. The fourth-order valence-electron chi connectivity index (χ4n) is 3.65. The monoisotopic (exact) mass is 293 g/mol. The maximum absolute atomic E-state index is 12.7. The normalized spacial score (nSPS) is 27.8. The van der Waals surface area contributed by atoms with Crippen LogP contribution in [0.25, 0.3) is 0 Å². The molecule has 1 atom stereocenters. The van der Waals surface area contributed by atoms with Crippen molar-refractivity contribution in [1.29, 1.82) is 0 Å². The van der Waals surface area contributed by atoms with Gasteiger partial charge in [0.25, 0.3) is 0 Å². The van der Waals surface area contributed by atoms with E-state index < -0.39 is 0 Å². The van der Waals surface area contributed by atoms with E-state index in [0.717, 1.165) is 45.3 Å². The molecule has 3 aliphatic rings. The molecule has 0 aromatic rings. The number of rotatable bonds is 4. The summed E-state index contributed by atoms with van der Waals surface area (Å²) in [6.07, 6.45) is 4.33. The van der Waals surface area contributed by atoms with Gasteiger partial charge in [0.1, 0.15) is 0 Å². The third kappa shape index (κ3) is 3.23. The summed E-state index contributed by atoms with van der Waals surface area (Å²) >= 11 is 0. The van der Waals surface area contributed by atoms with E-state index in [1.807, 2.05) is 4.90 Å². The molecule has 3 fully saturated rings. The van der Waals surface area contributed by atoms with Crippen molar-refractivity contribution in [3.05, 3.63) is 0 Å². The molecule has 5 nitrogen and oxygen atoms in total. The number of carbonyl (C=O) groups is 2. The van der Waals surface area contributed by atoms with Gasteiger partial charge in [-0.25, -0.2) is 0 Å². The van der Waals surface area contributed by atoms with Crippen LogP contribution < -0.4 is 0 Å². The molecule has 0 N–H and O–H groups in total. The molecule has 0 spiro atoms. The average Bonchev–Trinajstić information content (AvgIpc) is 3.17. The van der Waals surface area contributed by atoms with Crippen molar-refractivity contribution >= 4 is 11.8 Å². The molecule has 1 unspecified atom stereocenters. The summed E-state index contributed by atoms with van der Waals surface area (Å²) in [7, 11) is 0. The minimum atomic E-state index is 0.00711. The minimum absolute atomic E-state index is 0.00711. The van der Waals surface area contributed by atoms with Crippen molar-refractivity contribution in [3.63, 3.8) is 0 Å². The van der Waals surface area contributed by atoms with Crippen LogP contribution in [0.1, 0.15) is 39.5 Å². The number of nitrogens with zero attached hydrogens (tertiary/aromatic N) is 3. The molecule has 0 aromatic heterocycles. The van der Waals surface area contributed by atoms with E-state index in [9.17, 15) is 9.59 Å². The lowest BCUT2D eigenvalue weighted by Gasteiger charge is -2.37. The van der Waals surface area contributed by atoms with Crippen molar-refractivity contribution in [1.82, 2.24) is 14.7 Å². The number of amides is 2. The summed E-state index contributed by atoms with van der Waals surface area (Å²) in [5, 5.41) is 0. The molecular formula is C16H27N3O2. The Balaban J connectivity index is 1.58. The zero-order chi connectivity index (χ0) is 15.0. The van der Waals surface area contributed by atoms with Crippen LogP contribution in [0.5, 0.6) is 0 Å². The average molecular weight is 293 g/mol. The van der Waals surface area contributed by atoms with Gasteiger partial charge in [-0.1, -0.05) is 13.8 Å². The number of hydrogen-bond donors (Lipinski definition) is 0. The second-order valence-electron chi connectivity index (χ2n) is 7.12. The van der Waals surface area contributed by atoms with Crippen molar-refractivity contribution in [2.24, 2.45) is 5.92 Å². The van der Waals surface area contributed by atoms with E-state index >= 15 is 0 Å². The molecule has 2 saturated heterocycles. The summed E-state index contributed by atoms with van der Waals surface area (Å²) in [5.41, 5.74) is 0. The highest BCUT2D eigenvalue weighted by molar-refractivity contribution is 5.89. The lowest BCUT2D eigenvalue weighted by molar-refractivity contribution is -0.148. The van der Waals surface area contributed by atoms with Crippen LogP contribution in [-0.4, -0.2) is 71.3 Å². The topological polar surface area (TPSA) is 43.9 Å². The molecule has 2 heterocycles. The second kappa shape index (κ2) is 5.95. The molecule has 0 radical (unpaired) electrons. The van der Waals surface area contributed by atoms with Crippen molar-refractivity contribution in [3.8, 4) is 0 Å². The summed E-state index contributed by atoms with van der Waals surface area (Å²) in [4.78, 5) is 31.0. The molecule has 1 aliphatic carbocycles. The van der Waals surface area contributed by atoms with Gasteiger partial charge >= 0.3 is 0 Å². The van der Waals surface area contributed by atoms with E-state index in [2.05, 4.69) is 18.7 Å². The molecule has 0 aromatic carbocycles. The van der Waals surface area contributed by atoms with Gasteiger partial charge in [0.15, 0.2) is 0 Å². The lowest BCUT2D eigenvalue weighted by Crippen LogP contribution is -2.56. The molecule has 118 valence electrons. The van der Waals surface area contributed by atoms with Gasteiger partial charge < -0.3 is 9.80 Å². The van der Waals surface area contributed by atoms with Crippen LogP contribution in [0.3, 0.4) is 0 Å². The first-order valence-electron chi connectivity index (χ1n) is 8.38. The van der Waals surface area contributed by atoms with Gasteiger partial charge in [0.05, 0.1) is 12.6 Å². The number of piperazine rings is 1. The van der Waals surface area contributed by atoms with Gasteiger partial charge in [-0.2, -0.15) is 0 Å². The lowest BCUT2D eigenvalue weighted by atomic mass is 10.1. The Bertz CT molecular complexity index is 420. The van der Waals surface area contributed by atoms with Crippen molar-refractivity contribution in [2.75, 3.05) is 32.7 Å². The first-order valence-corrected chi connectivity index (χ1v) is 8.38. The highest BCUT2D eigenvalue weighted by Crippen LogP contribution is 2.28. The first-order chi connectivity index (χ1) is 10.1. The summed E-state index contributed by atoms with van der Waals surface area (Å²) in [6, 6.07) is 0.478. The van der Waals surface area contributed by atoms with Gasteiger partial charge in [-0.05, 0) is 38.1 Å². The van der Waals surface area contributed by atoms with E-state index in [1.54, 1.807) is 4.90 Å². The third-order valence-corrected chi connectivity index (χ3v) is 4.80. The van der Waals surface area contributed by atoms with E-state index in [-0.39, 0.29) is 17.9 Å². The Labute approximate surface area is 127 Å². The van der Waals surface area contributed by atoms with E-state index in [4.69, 9.17) is 0 Å². The molecule has 2 aliphatic heterocycles. The molecule has 5 heteroatoms. The fourth-order valence-corrected chi connectivity index (χ4v) is 3.65. The number of carbonyl (C=O) groups excluding carboxylic acids is 2. The SMILES string of the molecule is CC(C)CN1CCCC1C(=O)N1CCN(C2CC2)C(=O)C1. The highest BCUT2D eigenvalue weighted by atomic mass is 16.2. The van der Waals surface area contributed by atoms with Crippen LogP contribution in [0.2, 0.25) is 0 Å². The maximum Gasteiger partial charge on any atom is 0.242 e. The largest absolute Gasteiger partial charge is 0.336 e. The maximum atomic E-state index is 12.7. The van der Waals surface area contributed by atoms with Crippen molar-refractivity contribution < 1.29 is 9.59 Å².